The Balaban J connectivity index is 1.62. The third-order valence-corrected chi connectivity index (χ3v) is 5.95. The lowest BCUT2D eigenvalue weighted by atomic mass is 10.0. The van der Waals surface area contributed by atoms with Crippen molar-refractivity contribution < 1.29 is 25.2 Å². The number of ether oxygens (including phenoxy) is 1. The van der Waals surface area contributed by atoms with Crippen molar-refractivity contribution in [3.63, 3.8) is 0 Å². The van der Waals surface area contributed by atoms with Crippen molar-refractivity contribution in [3.05, 3.63) is 83.7 Å². The molecule has 1 aromatic heterocycles. The van der Waals surface area contributed by atoms with Crippen molar-refractivity contribution in [1.82, 2.24) is 9.97 Å². The monoisotopic (exact) mass is 522 g/mol. The first-order valence-electron chi connectivity index (χ1n) is 11.6. The smallest absolute Gasteiger partial charge is 0.222 e. The Hall–Kier alpha value is -5.58. The molecule has 194 valence electrons. The molecule has 11 nitrogen and oxygen atoms in total. The van der Waals surface area contributed by atoms with Crippen LogP contribution in [0.4, 0.5) is 17.1 Å². The van der Waals surface area contributed by atoms with Gasteiger partial charge in [-0.05, 0) is 54.8 Å². The molecule has 0 atom stereocenters. The Kier molecular flexibility index (Phi) is 6.47. The summed E-state index contributed by atoms with van der Waals surface area (Å²) in [6.07, 6.45) is 0. The van der Waals surface area contributed by atoms with E-state index in [0.717, 1.165) is 0 Å². The summed E-state index contributed by atoms with van der Waals surface area (Å²) in [5.74, 6) is -0.954. The van der Waals surface area contributed by atoms with Crippen LogP contribution in [-0.2, 0) is 0 Å². The highest BCUT2D eigenvalue weighted by Gasteiger charge is 2.18. The van der Waals surface area contributed by atoms with E-state index in [4.69, 9.17) is 10.1 Å². The fraction of sp³-hybridized carbons (Fsp3) is 0.0714. The molecule has 5 rings (SSSR count). The molecule has 0 aliphatic rings. The number of aryl methyl sites for hydroxylation is 1. The van der Waals surface area contributed by atoms with Crippen LogP contribution in [0.3, 0.4) is 0 Å². The van der Waals surface area contributed by atoms with Crippen molar-refractivity contribution >= 4 is 50.5 Å². The number of aliphatic hydroxyl groups is 2. The van der Waals surface area contributed by atoms with E-state index in [1.807, 2.05) is 0 Å². The van der Waals surface area contributed by atoms with E-state index in [-0.39, 0.29) is 34.1 Å². The van der Waals surface area contributed by atoms with Gasteiger partial charge in [-0.2, -0.15) is 4.98 Å². The molecule has 5 aromatic rings. The zero-order valence-electron chi connectivity index (χ0n) is 20.8. The van der Waals surface area contributed by atoms with Gasteiger partial charge in [0, 0.05) is 10.9 Å². The van der Waals surface area contributed by atoms with Gasteiger partial charge in [-0.25, -0.2) is 9.98 Å². The number of aliphatic hydroxyl groups excluding tert-OH is 2. The van der Waals surface area contributed by atoms with Gasteiger partial charge in [-0.1, -0.05) is 24.3 Å². The first kappa shape index (κ1) is 25.1. The number of phenolic OH excluding ortho intramolecular Hbond substituents is 1. The summed E-state index contributed by atoms with van der Waals surface area (Å²) in [5.41, 5.74) is 1.31. The van der Waals surface area contributed by atoms with E-state index < -0.39 is 11.8 Å². The number of azo groups is 1. The largest absolute Gasteiger partial charge is 0.505 e. The first-order chi connectivity index (χ1) is 18.7. The maximum atomic E-state index is 11.2. The van der Waals surface area contributed by atoms with E-state index in [2.05, 4.69) is 25.2 Å². The molecule has 5 N–H and O–H groups in total. The van der Waals surface area contributed by atoms with Crippen molar-refractivity contribution in [2.24, 2.45) is 15.2 Å². The second-order valence-electron chi connectivity index (χ2n) is 8.51. The maximum absolute atomic E-state index is 11.2. The van der Waals surface area contributed by atoms with Crippen LogP contribution in [0.15, 0.2) is 82.0 Å². The van der Waals surface area contributed by atoms with Crippen LogP contribution < -0.4 is 4.74 Å². The number of nitrogens with zero attached hydrogens (tertiary/aromatic N) is 5. The summed E-state index contributed by atoms with van der Waals surface area (Å²) in [5, 5.41) is 59.4. The number of aromatic nitrogens is 2. The number of hydrogen-bond acceptors (Lipinski definition) is 9. The van der Waals surface area contributed by atoms with Gasteiger partial charge in [-0.15, -0.1) is 10.2 Å². The molecule has 4 aromatic carbocycles. The highest BCUT2D eigenvalue weighted by molar-refractivity contribution is 6.07. The minimum atomic E-state index is -0.644. The summed E-state index contributed by atoms with van der Waals surface area (Å²) in [7, 11) is 1.44. The molecular formula is C28H22N6O5. The summed E-state index contributed by atoms with van der Waals surface area (Å²) < 4.78 is 5.31. The highest BCUT2D eigenvalue weighted by atomic mass is 16.5. The normalized spacial score (nSPS) is 11.9. The summed E-state index contributed by atoms with van der Waals surface area (Å²) in [6.45, 7) is 1.67. The number of aromatic hydroxyl groups is 2. The van der Waals surface area contributed by atoms with Crippen LogP contribution in [-0.4, -0.2) is 49.3 Å². The van der Waals surface area contributed by atoms with Gasteiger partial charge in [0.25, 0.3) is 0 Å². The molecule has 0 radical (unpaired) electrons. The van der Waals surface area contributed by atoms with E-state index in [1.165, 1.54) is 31.4 Å². The predicted octanol–water partition coefficient (Wildman–Crippen LogP) is 6.45. The zero-order chi connectivity index (χ0) is 27.7. The molecule has 0 aliphatic carbocycles. The van der Waals surface area contributed by atoms with Crippen LogP contribution in [0.25, 0.3) is 21.7 Å². The van der Waals surface area contributed by atoms with E-state index >= 15 is 0 Å². The van der Waals surface area contributed by atoms with Gasteiger partial charge in [0.2, 0.25) is 17.7 Å². The number of fused-ring (bicyclic) bond motifs is 2. The fourth-order valence-electron chi connectivity index (χ4n) is 4.07. The van der Waals surface area contributed by atoms with Crippen molar-refractivity contribution in [1.29, 1.82) is 5.41 Å². The average Bonchev–Trinajstić information content (AvgIpc) is 2.92. The average molecular weight is 523 g/mol. The first-order valence-corrected chi connectivity index (χ1v) is 11.6. The second kappa shape index (κ2) is 10.1. The molecule has 0 saturated carbocycles. The molecule has 0 saturated heterocycles. The summed E-state index contributed by atoms with van der Waals surface area (Å²) in [6, 6.07) is 17.9. The third kappa shape index (κ3) is 4.88. The summed E-state index contributed by atoms with van der Waals surface area (Å²) in [4.78, 5) is 12.4. The number of nitrogens with one attached hydrogen (secondary N) is 1. The molecule has 1 heterocycles. The quantitative estimate of drug-likeness (QED) is 0.0966. The van der Waals surface area contributed by atoms with E-state index in [1.54, 1.807) is 49.4 Å². The standard InChI is InChI=1S/C28H22N6O5/c1-14-30-21-9-8-17(13-19(21)27(37)31-14)32-28(38)20-11-15-5-3-4-6-18(15)24(25(20)35)34-33-22-12-16(26(29)36)7-10-23(22)39-2/h3-13,35H,1-2H3,(H2,29,36)(H,32,38)(H,30,31,37). The van der Waals surface area contributed by atoms with Gasteiger partial charge < -0.3 is 25.2 Å². The van der Waals surface area contributed by atoms with Gasteiger partial charge >= 0.3 is 0 Å². The molecular weight excluding hydrogens is 500 g/mol. The minimum absolute atomic E-state index is 0.00461. The fourth-order valence-corrected chi connectivity index (χ4v) is 4.07. The number of rotatable bonds is 6. The Morgan fingerprint density at radius 2 is 1.69 bits per heavy atom. The molecule has 0 unspecified atom stereocenters. The van der Waals surface area contributed by atoms with Crippen LogP contribution in [0.1, 0.15) is 17.0 Å². The van der Waals surface area contributed by atoms with Crippen molar-refractivity contribution in [2.45, 2.75) is 6.92 Å². The number of phenols is 1. The SMILES string of the molecule is COc1ccc(C(=N)O)cc1N=Nc1c(O)c(C(O)=Nc2ccc3nc(C)nc(O)c3c2)cc2ccccc12. The van der Waals surface area contributed by atoms with Gasteiger partial charge in [0.05, 0.1) is 29.3 Å². The second-order valence-corrected chi connectivity index (χ2v) is 8.51. The number of benzene rings is 4. The van der Waals surface area contributed by atoms with Crippen LogP contribution in [0.5, 0.6) is 17.4 Å². The van der Waals surface area contributed by atoms with E-state index in [9.17, 15) is 20.4 Å². The van der Waals surface area contributed by atoms with Crippen LogP contribution in [0, 0.1) is 12.3 Å². The Morgan fingerprint density at radius 1 is 0.897 bits per heavy atom. The molecule has 0 aliphatic heterocycles. The van der Waals surface area contributed by atoms with Gasteiger partial charge in [0.1, 0.15) is 22.9 Å². The Morgan fingerprint density at radius 3 is 2.46 bits per heavy atom. The predicted molar refractivity (Wildman–Crippen MR) is 147 cm³/mol. The highest BCUT2D eigenvalue weighted by Crippen LogP contribution is 2.41. The Bertz CT molecular complexity index is 1830. The Labute approximate surface area is 221 Å². The van der Waals surface area contributed by atoms with Crippen LogP contribution in [0.2, 0.25) is 0 Å². The lowest BCUT2D eigenvalue weighted by Gasteiger charge is -2.10. The molecule has 39 heavy (non-hydrogen) atoms. The number of aliphatic imine (C=N–C) groups is 1. The van der Waals surface area contributed by atoms with E-state index in [0.29, 0.717) is 38.9 Å². The maximum Gasteiger partial charge on any atom is 0.222 e. The lowest BCUT2D eigenvalue weighted by Crippen LogP contribution is -2.00. The molecule has 0 amide bonds. The van der Waals surface area contributed by atoms with Crippen molar-refractivity contribution in [3.8, 4) is 17.4 Å². The molecule has 11 heteroatoms. The van der Waals surface area contributed by atoms with Crippen molar-refractivity contribution in [2.75, 3.05) is 7.11 Å². The zero-order valence-corrected chi connectivity index (χ0v) is 20.8. The summed E-state index contributed by atoms with van der Waals surface area (Å²) >= 11 is 0. The third-order valence-electron chi connectivity index (χ3n) is 5.95. The molecule has 0 fully saturated rings. The molecule has 0 spiro atoms. The molecule has 0 bridgehead atoms. The minimum Gasteiger partial charge on any atom is -0.505 e. The number of methoxy groups -OCH3 is 1. The topological polar surface area (TPSA) is 177 Å². The van der Waals surface area contributed by atoms with Gasteiger partial charge in [-0.3, -0.25) is 5.41 Å². The number of hydrogen-bond donors (Lipinski definition) is 5. The lowest BCUT2D eigenvalue weighted by molar-refractivity contribution is 0.415. The van der Waals surface area contributed by atoms with Crippen LogP contribution >= 0.6 is 0 Å². The van der Waals surface area contributed by atoms with Gasteiger partial charge in [0.15, 0.2) is 5.75 Å².